The van der Waals surface area contributed by atoms with Gasteiger partial charge in [-0.15, -0.1) is 0 Å². The van der Waals surface area contributed by atoms with Crippen LogP contribution in [0.5, 0.6) is 0 Å². The Labute approximate surface area is 153 Å². The van der Waals surface area contributed by atoms with E-state index in [9.17, 15) is 9.59 Å². The molecule has 0 heterocycles. The molecule has 0 bridgehead atoms. The zero-order valence-corrected chi connectivity index (χ0v) is 15.6. The Kier molecular flexibility index (Phi) is 6.21. The van der Waals surface area contributed by atoms with Gasteiger partial charge in [-0.2, -0.15) is 0 Å². The largest absolute Gasteiger partial charge is 0.340 e. The van der Waals surface area contributed by atoms with Gasteiger partial charge in [-0.1, -0.05) is 49.7 Å². The van der Waals surface area contributed by atoms with Crippen molar-refractivity contribution in [2.45, 2.75) is 33.7 Å². The minimum absolute atomic E-state index is 0.0720. The summed E-state index contributed by atoms with van der Waals surface area (Å²) in [4.78, 5) is 25.2. The Balaban J connectivity index is 2.16. The number of benzene rings is 2. The summed E-state index contributed by atoms with van der Waals surface area (Å²) in [6.45, 7) is 7.57. The Morgan fingerprint density at radius 1 is 1.04 bits per heavy atom. The van der Waals surface area contributed by atoms with E-state index < -0.39 is 6.04 Å². The summed E-state index contributed by atoms with van der Waals surface area (Å²) >= 11 is 6.18. The predicted octanol–water partition coefficient (Wildman–Crippen LogP) is 4.35. The van der Waals surface area contributed by atoms with Crippen molar-refractivity contribution in [1.29, 1.82) is 0 Å². The third-order valence-corrected chi connectivity index (χ3v) is 4.32. The van der Waals surface area contributed by atoms with Crippen LogP contribution < -0.4 is 10.6 Å². The molecule has 0 spiro atoms. The first-order valence-electron chi connectivity index (χ1n) is 8.23. The molecule has 0 saturated heterocycles. The fourth-order valence-electron chi connectivity index (χ4n) is 2.51. The Bertz CT molecular complexity index is 787. The Morgan fingerprint density at radius 3 is 2.32 bits per heavy atom. The van der Waals surface area contributed by atoms with Crippen molar-refractivity contribution in [3.05, 3.63) is 64.2 Å². The molecule has 0 aliphatic heterocycles. The SMILES string of the molecule is Cc1ccc(NC(=O)[C@@H](NC(=O)c2ccccc2C)C(C)C)c(Cl)c1. The fourth-order valence-corrected chi connectivity index (χ4v) is 2.80. The molecule has 0 aliphatic rings. The molecule has 4 nitrogen and oxygen atoms in total. The van der Waals surface area contributed by atoms with Gasteiger partial charge in [-0.05, 0) is 49.1 Å². The number of anilines is 1. The van der Waals surface area contributed by atoms with E-state index in [2.05, 4.69) is 10.6 Å². The second-order valence-electron chi connectivity index (χ2n) is 6.48. The van der Waals surface area contributed by atoms with Crippen LogP contribution in [-0.4, -0.2) is 17.9 Å². The number of carbonyl (C=O) groups is 2. The third kappa shape index (κ3) is 4.83. The van der Waals surface area contributed by atoms with Crippen LogP contribution in [0.3, 0.4) is 0 Å². The zero-order chi connectivity index (χ0) is 18.6. The molecule has 132 valence electrons. The van der Waals surface area contributed by atoms with E-state index in [1.165, 1.54) is 0 Å². The van der Waals surface area contributed by atoms with Crippen LogP contribution in [0, 0.1) is 19.8 Å². The molecule has 2 aromatic carbocycles. The zero-order valence-electron chi connectivity index (χ0n) is 14.9. The maximum absolute atomic E-state index is 12.7. The first kappa shape index (κ1) is 19.0. The third-order valence-electron chi connectivity index (χ3n) is 4.01. The number of aryl methyl sites for hydroxylation is 2. The van der Waals surface area contributed by atoms with E-state index in [4.69, 9.17) is 11.6 Å². The van der Waals surface area contributed by atoms with Gasteiger partial charge in [-0.25, -0.2) is 0 Å². The highest BCUT2D eigenvalue weighted by molar-refractivity contribution is 6.33. The summed E-state index contributed by atoms with van der Waals surface area (Å²) in [5.41, 5.74) is 2.98. The van der Waals surface area contributed by atoms with Gasteiger partial charge in [0.15, 0.2) is 0 Å². The normalized spacial score (nSPS) is 11.9. The summed E-state index contributed by atoms with van der Waals surface area (Å²) in [6, 6.07) is 12.0. The van der Waals surface area contributed by atoms with Crippen molar-refractivity contribution in [2.24, 2.45) is 5.92 Å². The average molecular weight is 359 g/mol. The molecule has 5 heteroatoms. The monoisotopic (exact) mass is 358 g/mol. The van der Waals surface area contributed by atoms with Gasteiger partial charge in [0.05, 0.1) is 10.7 Å². The Hall–Kier alpha value is -2.33. The first-order chi connectivity index (χ1) is 11.8. The van der Waals surface area contributed by atoms with Crippen LogP contribution in [-0.2, 0) is 4.79 Å². The van der Waals surface area contributed by atoms with Crippen LogP contribution in [0.15, 0.2) is 42.5 Å². The van der Waals surface area contributed by atoms with Gasteiger partial charge >= 0.3 is 0 Å². The highest BCUT2D eigenvalue weighted by Crippen LogP contribution is 2.23. The molecule has 0 aliphatic carbocycles. The maximum atomic E-state index is 12.7. The van der Waals surface area contributed by atoms with Crippen molar-refractivity contribution in [3.8, 4) is 0 Å². The summed E-state index contributed by atoms with van der Waals surface area (Å²) in [7, 11) is 0. The van der Waals surface area contributed by atoms with Gasteiger partial charge in [0.2, 0.25) is 5.91 Å². The van der Waals surface area contributed by atoms with E-state index in [1.54, 1.807) is 24.3 Å². The second kappa shape index (κ2) is 8.17. The quantitative estimate of drug-likeness (QED) is 0.834. The smallest absolute Gasteiger partial charge is 0.252 e. The topological polar surface area (TPSA) is 58.2 Å². The van der Waals surface area contributed by atoms with Crippen LogP contribution >= 0.6 is 11.6 Å². The second-order valence-corrected chi connectivity index (χ2v) is 6.89. The average Bonchev–Trinajstić information content (AvgIpc) is 2.55. The molecule has 2 N–H and O–H groups in total. The van der Waals surface area contributed by atoms with Crippen molar-refractivity contribution >= 4 is 29.1 Å². The lowest BCUT2D eigenvalue weighted by Crippen LogP contribution is -2.47. The molecular weight excluding hydrogens is 336 g/mol. The highest BCUT2D eigenvalue weighted by Gasteiger charge is 2.25. The number of hydrogen-bond acceptors (Lipinski definition) is 2. The van der Waals surface area contributed by atoms with E-state index >= 15 is 0 Å². The summed E-state index contributed by atoms with van der Waals surface area (Å²) < 4.78 is 0. The van der Waals surface area contributed by atoms with Gasteiger partial charge in [-0.3, -0.25) is 9.59 Å². The molecule has 25 heavy (non-hydrogen) atoms. The summed E-state index contributed by atoms with van der Waals surface area (Å²) in [5.74, 6) is -0.623. The lowest BCUT2D eigenvalue weighted by Gasteiger charge is -2.22. The molecule has 2 amide bonds. The molecule has 0 radical (unpaired) electrons. The number of carbonyl (C=O) groups excluding carboxylic acids is 2. The lowest BCUT2D eigenvalue weighted by atomic mass is 10.0. The van der Waals surface area contributed by atoms with Crippen LogP contribution in [0.4, 0.5) is 5.69 Å². The number of halogens is 1. The summed E-state index contributed by atoms with van der Waals surface area (Å²) in [6.07, 6.45) is 0. The van der Waals surface area contributed by atoms with Gasteiger partial charge < -0.3 is 10.6 Å². The van der Waals surface area contributed by atoms with Crippen LogP contribution in [0.2, 0.25) is 5.02 Å². The lowest BCUT2D eigenvalue weighted by molar-refractivity contribution is -0.118. The van der Waals surface area contributed by atoms with E-state index in [1.807, 2.05) is 45.9 Å². The molecule has 0 aromatic heterocycles. The number of hydrogen-bond donors (Lipinski definition) is 2. The van der Waals surface area contributed by atoms with Crippen molar-refractivity contribution in [2.75, 3.05) is 5.32 Å². The van der Waals surface area contributed by atoms with Crippen LogP contribution in [0.25, 0.3) is 0 Å². The van der Waals surface area contributed by atoms with Crippen LogP contribution in [0.1, 0.15) is 35.3 Å². The van der Waals surface area contributed by atoms with Crippen molar-refractivity contribution in [3.63, 3.8) is 0 Å². The van der Waals surface area contributed by atoms with Crippen molar-refractivity contribution < 1.29 is 9.59 Å². The highest BCUT2D eigenvalue weighted by atomic mass is 35.5. The van der Waals surface area contributed by atoms with E-state index in [0.717, 1.165) is 11.1 Å². The number of amides is 2. The standard InChI is InChI=1S/C20H23ClN2O2/c1-12(2)18(23-19(24)15-8-6-5-7-14(15)4)20(25)22-17-10-9-13(3)11-16(17)21/h5-12,18H,1-4H3,(H,22,25)(H,23,24)/t18-/m0/s1. The van der Waals surface area contributed by atoms with E-state index in [0.29, 0.717) is 16.3 Å². The summed E-state index contributed by atoms with van der Waals surface area (Å²) in [5, 5.41) is 6.11. The fraction of sp³-hybridized carbons (Fsp3) is 0.300. The molecular formula is C20H23ClN2O2. The number of rotatable bonds is 5. The maximum Gasteiger partial charge on any atom is 0.252 e. The van der Waals surface area contributed by atoms with Gasteiger partial charge in [0.25, 0.3) is 5.91 Å². The van der Waals surface area contributed by atoms with E-state index in [-0.39, 0.29) is 17.7 Å². The molecule has 0 fully saturated rings. The Morgan fingerprint density at radius 2 is 1.72 bits per heavy atom. The molecule has 0 unspecified atom stereocenters. The van der Waals surface area contributed by atoms with Gasteiger partial charge in [0.1, 0.15) is 6.04 Å². The molecule has 1 atom stereocenters. The van der Waals surface area contributed by atoms with Gasteiger partial charge in [0, 0.05) is 5.56 Å². The predicted molar refractivity (Wildman–Crippen MR) is 102 cm³/mol. The molecule has 2 rings (SSSR count). The van der Waals surface area contributed by atoms with Crippen molar-refractivity contribution in [1.82, 2.24) is 5.32 Å². The number of nitrogens with one attached hydrogen (secondary N) is 2. The molecule has 0 saturated carbocycles. The molecule has 2 aromatic rings. The minimum atomic E-state index is -0.663. The first-order valence-corrected chi connectivity index (χ1v) is 8.61. The minimum Gasteiger partial charge on any atom is -0.340 e.